The van der Waals surface area contributed by atoms with Crippen LogP contribution in [0.1, 0.15) is 32.6 Å². The first-order valence-corrected chi connectivity index (χ1v) is 9.01. The fraction of sp³-hybridized carbons (Fsp3) is 1.00. The molecular formula is C13H28N2O2S. The van der Waals surface area contributed by atoms with Gasteiger partial charge >= 0.3 is 0 Å². The molecule has 1 aliphatic carbocycles. The van der Waals surface area contributed by atoms with Gasteiger partial charge in [-0.1, -0.05) is 19.8 Å². The minimum Gasteiger partial charge on any atom is -0.330 e. The van der Waals surface area contributed by atoms with E-state index in [0.29, 0.717) is 25.0 Å². The first-order valence-electron chi connectivity index (χ1n) is 6.95. The Hall–Kier alpha value is -0.130. The van der Waals surface area contributed by atoms with Crippen molar-refractivity contribution in [2.24, 2.45) is 17.6 Å². The summed E-state index contributed by atoms with van der Waals surface area (Å²) in [5.41, 5.74) is 5.86. The summed E-state index contributed by atoms with van der Waals surface area (Å²) in [6.07, 6.45) is 6.14. The van der Waals surface area contributed by atoms with E-state index in [9.17, 15) is 8.42 Å². The maximum Gasteiger partial charge on any atom is 0.148 e. The van der Waals surface area contributed by atoms with Gasteiger partial charge in [-0.2, -0.15) is 0 Å². The summed E-state index contributed by atoms with van der Waals surface area (Å²) in [6, 6.07) is 0.454. The molecule has 1 rings (SSSR count). The number of nitrogens with two attached hydrogens (primary N) is 1. The number of nitrogens with zero attached hydrogens (tertiary/aromatic N) is 1. The van der Waals surface area contributed by atoms with Crippen LogP contribution in [-0.2, 0) is 9.84 Å². The fourth-order valence-corrected chi connectivity index (χ4v) is 3.57. The summed E-state index contributed by atoms with van der Waals surface area (Å²) in [4.78, 5) is 2.21. The van der Waals surface area contributed by atoms with Crippen LogP contribution in [0.4, 0.5) is 0 Å². The Morgan fingerprint density at radius 3 is 2.50 bits per heavy atom. The van der Waals surface area contributed by atoms with Gasteiger partial charge in [0.05, 0.1) is 5.75 Å². The van der Waals surface area contributed by atoms with Crippen LogP contribution in [0.2, 0.25) is 0 Å². The van der Waals surface area contributed by atoms with E-state index in [1.165, 1.54) is 31.9 Å². The van der Waals surface area contributed by atoms with E-state index in [2.05, 4.69) is 11.8 Å². The lowest BCUT2D eigenvalue weighted by molar-refractivity contribution is 0.107. The maximum absolute atomic E-state index is 11.2. The van der Waals surface area contributed by atoms with Gasteiger partial charge in [-0.05, 0) is 38.3 Å². The van der Waals surface area contributed by atoms with E-state index < -0.39 is 9.84 Å². The van der Waals surface area contributed by atoms with Gasteiger partial charge in [-0.3, -0.25) is 0 Å². The van der Waals surface area contributed by atoms with Gasteiger partial charge in [0.15, 0.2) is 0 Å². The molecule has 3 unspecified atom stereocenters. The summed E-state index contributed by atoms with van der Waals surface area (Å²) in [6.45, 7) is 3.57. The minimum absolute atomic E-state index is 0.244. The monoisotopic (exact) mass is 276 g/mol. The van der Waals surface area contributed by atoms with E-state index in [1.807, 2.05) is 7.05 Å². The van der Waals surface area contributed by atoms with E-state index in [0.717, 1.165) is 5.92 Å². The molecule has 0 heterocycles. The van der Waals surface area contributed by atoms with Gasteiger partial charge in [0.25, 0.3) is 0 Å². The molecule has 18 heavy (non-hydrogen) atoms. The van der Waals surface area contributed by atoms with Crippen molar-refractivity contribution in [3.8, 4) is 0 Å². The molecule has 1 saturated carbocycles. The Morgan fingerprint density at radius 2 is 2.00 bits per heavy atom. The van der Waals surface area contributed by atoms with Crippen molar-refractivity contribution in [3.63, 3.8) is 0 Å². The van der Waals surface area contributed by atoms with Crippen molar-refractivity contribution < 1.29 is 8.42 Å². The Bertz CT molecular complexity index is 343. The van der Waals surface area contributed by atoms with Gasteiger partial charge in [-0.25, -0.2) is 8.42 Å². The second kappa shape index (κ2) is 6.87. The van der Waals surface area contributed by atoms with Crippen molar-refractivity contribution >= 4 is 9.84 Å². The minimum atomic E-state index is -2.87. The maximum atomic E-state index is 11.2. The Balaban J connectivity index is 2.58. The molecule has 4 nitrogen and oxygen atoms in total. The van der Waals surface area contributed by atoms with Crippen molar-refractivity contribution in [2.75, 3.05) is 32.1 Å². The van der Waals surface area contributed by atoms with Crippen LogP contribution in [0.15, 0.2) is 0 Å². The van der Waals surface area contributed by atoms with Crippen molar-refractivity contribution in [2.45, 2.75) is 38.6 Å². The first kappa shape index (κ1) is 15.9. The highest BCUT2D eigenvalue weighted by Crippen LogP contribution is 2.33. The zero-order valence-corrected chi connectivity index (χ0v) is 12.7. The summed E-state index contributed by atoms with van der Waals surface area (Å²) in [7, 11) is -0.836. The predicted molar refractivity (Wildman–Crippen MR) is 76.3 cm³/mol. The number of rotatable bonds is 6. The Kier molecular flexibility index (Phi) is 6.08. The summed E-state index contributed by atoms with van der Waals surface area (Å²) >= 11 is 0. The van der Waals surface area contributed by atoms with E-state index in [1.54, 1.807) is 0 Å². The Morgan fingerprint density at radius 1 is 1.33 bits per heavy atom. The van der Waals surface area contributed by atoms with Crippen LogP contribution in [0.3, 0.4) is 0 Å². The highest BCUT2D eigenvalue weighted by molar-refractivity contribution is 7.90. The predicted octanol–water partition coefficient (Wildman–Crippen LogP) is 1.12. The molecule has 2 N–H and O–H groups in total. The molecule has 0 saturated heterocycles. The molecule has 0 aromatic rings. The van der Waals surface area contributed by atoms with Gasteiger partial charge in [0, 0.05) is 18.8 Å². The molecular weight excluding hydrogens is 248 g/mol. The second-order valence-corrected chi connectivity index (χ2v) is 8.02. The highest BCUT2D eigenvalue weighted by Gasteiger charge is 2.31. The fourth-order valence-electron chi connectivity index (χ4n) is 2.96. The van der Waals surface area contributed by atoms with E-state index in [-0.39, 0.29) is 5.75 Å². The molecule has 1 fully saturated rings. The number of sulfone groups is 1. The molecule has 108 valence electrons. The lowest BCUT2D eigenvalue weighted by atomic mass is 9.76. The molecule has 0 aromatic carbocycles. The molecule has 0 amide bonds. The standard InChI is InChI=1S/C13H28N2O2S/c1-4-11-5-6-12(10-14)13(9-11)15(2)7-8-18(3,16)17/h11-13H,4-10,14H2,1-3H3. The molecule has 0 aromatic heterocycles. The molecule has 5 heteroatoms. The molecule has 0 aliphatic heterocycles. The lowest BCUT2D eigenvalue weighted by Crippen LogP contribution is -2.46. The third-order valence-electron chi connectivity index (χ3n) is 4.33. The van der Waals surface area contributed by atoms with Crippen molar-refractivity contribution in [1.29, 1.82) is 0 Å². The summed E-state index contributed by atoms with van der Waals surface area (Å²) in [5.74, 6) is 1.55. The van der Waals surface area contributed by atoms with Gasteiger partial charge in [0.1, 0.15) is 9.84 Å². The highest BCUT2D eigenvalue weighted by atomic mass is 32.2. The largest absolute Gasteiger partial charge is 0.330 e. The van der Waals surface area contributed by atoms with Crippen LogP contribution in [-0.4, -0.2) is 51.5 Å². The normalized spacial score (nSPS) is 29.7. The topological polar surface area (TPSA) is 63.4 Å². The third-order valence-corrected chi connectivity index (χ3v) is 5.25. The molecule has 1 aliphatic rings. The third kappa shape index (κ3) is 4.86. The summed E-state index contributed by atoms with van der Waals surface area (Å²) < 4.78 is 22.5. The van der Waals surface area contributed by atoms with Crippen LogP contribution in [0.25, 0.3) is 0 Å². The molecule has 3 atom stereocenters. The van der Waals surface area contributed by atoms with Crippen molar-refractivity contribution in [1.82, 2.24) is 4.90 Å². The average molecular weight is 276 g/mol. The van der Waals surface area contributed by atoms with Crippen molar-refractivity contribution in [3.05, 3.63) is 0 Å². The van der Waals surface area contributed by atoms with Crippen LogP contribution in [0, 0.1) is 11.8 Å². The summed E-state index contributed by atoms with van der Waals surface area (Å²) in [5, 5.41) is 0. The lowest BCUT2D eigenvalue weighted by Gasteiger charge is -2.40. The first-order chi connectivity index (χ1) is 8.37. The molecule has 0 spiro atoms. The van der Waals surface area contributed by atoms with Gasteiger partial charge in [0.2, 0.25) is 0 Å². The zero-order valence-electron chi connectivity index (χ0n) is 11.9. The smallest absolute Gasteiger partial charge is 0.148 e. The van der Waals surface area contributed by atoms with Crippen LogP contribution in [0.5, 0.6) is 0 Å². The Labute approximate surface area is 112 Å². The van der Waals surface area contributed by atoms with Crippen LogP contribution >= 0.6 is 0 Å². The molecule has 0 radical (unpaired) electrons. The van der Waals surface area contributed by atoms with E-state index in [4.69, 9.17) is 5.73 Å². The zero-order chi connectivity index (χ0) is 13.8. The second-order valence-electron chi connectivity index (χ2n) is 5.76. The number of hydrogen-bond donors (Lipinski definition) is 1. The number of hydrogen-bond acceptors (Lipinski definition) is 4. The quantitative estimate of drug-likeness (QED) is 0.789. The SMILES string of the molecule is CCC1CCC(CN)C(N(C)CCS(C)(=O)=O)C1. The van der Waals surface area contributed by atoms with Gasteiger partial charge in [-0.15, -0.1) is 0 Å². The molecule has 0 bridgehead atoms. The van der Waals surface area contributed by atoms with Crippen LogP contribution < -0.4 is 5.73 Å². The van der Waals surface area contributed by atoms with E-state index >= 15 is 0 Å². The van der Waals surface area contributed by atoms with Gasteiger partial charge < -0.3 is 10.6 Å². The average Bonchev–Trinajstić information content (AvgIpc) is 2.34.